The van der Waals surface area contributed by atoms with Crippen LogP contribution in [0.4, 0.5) is 0 Å². The van der Waals surface area contributed by atoms with Crippen LogP contribution in [0.1, 0.15) is 18.9 Å². The number of hydrogen-bond donors (Lipinski definition) is 1. The fourth-order valence-corrected chi connectivity index (χ4v) is 3.05. The fourth-order valence-electron chi connectivity index (χ4n) is 3.05. The van der Waals surface area contributed by atoms with Gasteiger partial charge in [-0.05, 0) is 48.3 Å². The van der Waals surface area contributed by atoms with E-state index in [0.717, 1.165) is 5.56 Å². The predicted molar refractivity (Wildman–Crippen MR) is 104 cm³/mol. The first-order valence-corrected chi connectivity index (χ1v) is 8.97. The Bertz CT molecular complexity index is 801. The molecule has 1 aliphatic carbocycles. The molecule has 1 aliphatic rings. The van der Waals surface area contributed by atoms with Gasteiger partial charge >= 0.3 is 5.97 Å². The summed E-state index contributed by atoms with van der Waals surface area (Å²) in [6.07, 6.45) is 4.02. The van der Waals surface area contributed by atoms with Crippen molar-refractivity contribution in [2.45, 2.75) is 31.7 Å². The molecule has 0 aromatic heterocycles. The molecule has 0 aliphatic heterocycles. The van der Waals surface area contributed by atoms with E-state index in [4.69, 9.17) is 23.7 Å². The van der Waals surface area contributed by atoms with E-state index in [0.29, 0.717) is 35.7 Å². The van der Waals surface area contributed by atoms with Crippen molar-refractivity contribution in [3.63, 3.8) is 0 Å². The van der Waals surface area contributed by atoms with Crippen molar-refractivity contribution < 1.29 is 38.4 Å². The topological polar surface area (TPSA) is 101 Å². The summed E-state index contributed by atoms with van der Waals surface area (Å²) in [5, 5.41) is 10.5. The maximum atomic E-state index is 12.4. The van der Waals surface area contributed by atoms with Crippen molar-refractivity contribution in [2.24, 2.45) is 0 Å². The van der Waals surface area contributed by atoms with Gasteiger partial charge in [-0.15, -0.1) is 0 Å². The number of aliphatic hydroxyl groups is 1. The van der Waals surface area contributed by atoms with Crippen LogP contribution in [0, 0.1) is 0 Å². The number of ether oxygens (including phenoxy) is 5. The first-order chi connectivity index (χ1) is 13.8. The van der Waals surface area contributed by atoms with E-state index in [-0.39, 0.29) is 0 Å². The van der Waals surface area contributed by atoms with Crippen LogP contribution in [0.25, 0.3) is 0 Å². The van der Waals surface area contributed by atoms with Crippen molar-refractivity contribution in [2.75, 3.05) is 28.4 Å². The molecule has 8 nitrogen and oxygen atoms in total. The first kappa shape index (κ1) is 22.4. The fraction of sp³-hybridized carbons (Fsp3) is 0.429. The molecule has 158 valence electrons. The number of hydrogen-bond acceptors (Lipinski definition) is 8. The maximum Gasteiger partial charge on any atom is 0.305 e. The van der Waals surface area contributed by atoms with Crippen LogP contribution in [-0.2, 0) is 25.5 Å². The summed E-state index contributed by atoms with van der Waals surface area (Å²) < 4.78 is 26.1. The molecule has 1 aromatic rings. The van der Waals surface area contributed by atoms with E-state index >= 15 is 0 Å². The second-order valence-electron chi connectivity index (χ2n) is 6.40. The third-order valence-electron chi connectivity index (χ3n) is 4.55. The summed E-state index contributed by atoms with van der Waals surface area (Å²) in [4.78, 5) is 23.7. The highest BCUT2D eigenvalue weighted by atomic mass is 16.7. The van der Waals surface area contributed by atoms with Crippen LogP contribution in [0.5, 0.6) is 17.2 Å². The molecule has 8 heteroatoms. The standard InChI is InChI=1S/C21H26O8/c1-13(22)29-21(28-5)9-8-15(12-19(21)24)16(23)7-6-14-10-17(25-2)20(27-4)18(11-14)26-3/h8-12,16,23H,6-7H2,1-5H3. The molecule has 0 heterocycles. The number of rotatable bonds is 9. The highest BCUT2D eigenvalue weighted by molar-refractivity contribution is 6.01. The number of methoxy groups -OCH3 is 4. The number of benzene rings is 1. The summed E-state index contributed by atoms with van der Waals surface area (Å²) in [7, 11) is 5.86. The van der Waals surface area contributed by atoms with E-state index in [1.807, 2.05) is 0 Å². The Balaban J connectivity index is 2.12. The molecule has 0 saturated heterocycles. The number of ketones is 1. The van der Waals surface area contributed by atoms with Crippen molar-refractivity contribution in [3.8, 4) is 17.2 Å². The Morgan fingerprint density at radius 2 is 1.72 bits per heavy atom. The lowest BCUT2D eigenvalue weighted by molar-refractivity contribution is -0.198. The second-order valence-corrected chi connectivity index (χ2v) is 6.40. The van der Waals surface area contributed by atoms with Crippen LogP contribution in [0.3, 0.4) is 0 Å². The van der Waals surface area contributed by atoms with Crippen LogP contribution in [-0.4, -0.2) is 57.2 Å². The van der Waals surface area contributed by atoms with Crippen molar-refractivity contribution in [3.05, 3.63) is 41.5 Å². The third kappa shape index (κ3) is 4.96. The Morgan fingerprint density at radius 1 is 1.10 bits per heavy atom. The number of esters is 1. The molecular weight excluding hydrogens is 380 g/mol. The molecular formula is C21H26O8. The zero-order valence-corrected chi connectivity index (χ0v) is 17.2. The molecule has 0 fully saturated rings. The summed E-state index contributed by atoms with van der Waals surface area (Å²) in [5.74, 6) is -1.47. The minimum absolute atomic E-state index is 0.343. The number of carbonyl (C=O) groups excluding carboxylic acids is 2. The highest BCUT2D eigenvalue weighted by Gasteiger charge is 2.40. The Hall–Kier alpha value is -2.84. The molecule has 0 saturated carbocycles. The van der Waals surface area contributed by atoms with Gasteiger partial charge in [0.15, 0.2) is 11.5 Å². The Morgan fingerprint density at radius 3 is 2.17 bits per heavy atom. The number of aliphatic hydroxyl groups excluding tert-OH is 1. The highest BCUT2D eigenvalue weighted by Crippen LogP contribution is 2.38. The van der Waals surface area contributed by atoms with Gasteiger partial charge in [0.05, 0.1) is 27.4 Å². The summed E-state index contributed by atoms with van der Waals surface area (Å²) >= 11 is 0. The average molecular weight is 406 g/mol. The minimum atomic E-state index is -1.79. The van der Waals surface area contributed by atoms with E-state index in [1.165, 1.54) is 53.6 Å². The maximum absolute atomic E-state index is 12.4. The summed E-state index contributed by atoms with van der Waals surface area (Å²) in [6.45, 7) is 1.19. The summed E-state index contributed by atoms with van der Waals surface area (Å²) in [6, 6.07) is 3.61. The SMILES string of the molecule is COc1cc(CCC(O)C2=CC(=O)C(OC)(OC(C)=O)C=C2)cc(OC)c1OC. The van der Waals surface area contributed by atoms with Gasteiger partial charge in [-0.2, -0.15) is 0 Å². The van der Waals surface area contributed by atoms with E-state index in [9.17, 15) is 14.7 Å². The Kier molecular flexibility index (Phi) is 7.41. The van der Waals surface area contributed by atoms with Crippen LogP contribution < -0.4 is 14.2 Å². The number of carbonyl (C=O) groups is 2. The van der Waals surface area contributed by atoms with Crippen molar-refractivity contribution >= 4 is 11.8 Å². The van der Waals surface area contributed by atoms with Gasteiger partial charge in [0, 0.05) is 14.0 Å². The zero-order chi connectivity index (χ0) is 21.6. The third-order valence-corrected chi connectivity index (χ3v) is 4.55. The second kappa shape index (κ2) is 9.58. The molecule has 0 spiro atoms. The predicted octanol–water partition coefficient (Wildman–Crippen LogP) is 1.98. The van der Waals surface area contributed by atoms with Gasteiger partial charge in [-0.3, -0.25) is 9.59 Å². The normalized spacial score (nSPS) is 19.4. The van der Waals surface area contributed by atoms with Gasteiger partial charge in [0.1, 0.15) is 0 Å². The molecule has 29 heavy (non-hydrogen) atoms. The van der Waals surface area contributed by atoms with Gasteiger partial charge in [-0.1, -0.05) is 6.08 Å². The molecule has 1 aromatic carbocycles. The van der Waals surface area contributed by atoms with Gasteiger partial charge in [-0.25, -0.2) is 0 Å². The van der Waals surface area contributed by atoms with Crippen molar-refractivity contribution in [1.82, 2.24) is 0 Å². The van der Waals surface area contributed by atoms with E-state index in [2.05, 4.69) is 0 Å². The van der Waals surface area contributed by atoms with Crippen LogP contribution >= 0.6 is 0 Å². The Labute approximate surface area is 169 Å². The van der Waals surface area contributed by atoms with E-state index < -0.39 is 23.6 Å². The van der Waals surface area contributed by atoms with Crippen LogP contribution in [0.2, 0.25) is 0 Å². The van der Waals surface area contributed by atoms with Crippen molar-refractivity contribution in [1.29, 1.82) is 0 Å². The van der Waals surface area contributed by atoms with E-state index in [1.54, 1.807) is 12.1 Å². The molecule has 2 rings (SSSR count). The molecule has 0 bridgehead atoms. The average Bonchev–Trinajstić information content (AvgIpc) is 2.72. The quantitative estimate of drug-likeness (QED) is 0.491. The monoisotopic (exact) mass is 406 g/mol. The molecule has 0 radical (unpaired) electrons. The molecule has 2 unspecified atom stereocenters. The lowest BCUT2D eigenvalue weighted by Gasteiger charge is -2.29. The molecule has 0 amide bonds. The largest absolute Gasteiger partial charge is 0.493 e. The van der Waals surface area contributed by atoms with Gasteiger partial charge in [0.25, 0.3) is 5.79 Å². The minimum Gasteiger partial charge on any atom is -0.493 e. The number of aryl methyl sites for hydroxylation is 1. The molecule has 1 N–H and O–H groups in total. The first-order valence-electron chi connectivity index (χ1n) is 8.97. The molecule has 2 atom stereocenters. The summed E-state index contributed by atoms with van der Waals surface area (Å²) in [5.41, 5.74) is 1.28. The van der Waals surface area contributed by atoms with Gasteiger partial charge < -0.3 is 28.8 Å². The zero-order valence-electron chi connectivity index (χ0n) is 17.2. The van der Waals surface area contributed by atoms with Crippen LogP contribution in [0.15, 0.2) is 35.9 Å². The van der Waals surface area contributed by atoms with Gasteiger partial charge in [0.2, 0.25) is 11.5 Å². The lowest BCUT2D eigenvalue weighted by Crippen LogP contribution is -2.44. The smallest absolute Gasteiger partial charge is 0.305 e. The lowest BCUT2D eigenvalue weighted by atomic mass is 9.93.